The van der Waals surface area contributed by atoms with Gasteiger partial charge < -0.3 is 0 Å². The minimum Gasteiger partial charge on any atom is -0.295 e. The first-order valence-electron chi connectivity index (χ1n) is 5.63. The Morgan fingerprint density at radius 1 is 1.20 bits per heavy atom. The summed E-state index contributed by atoms with van der Waals surface area (Å²) in [6, 6.07) is 9.23. The van der Waals surface area contributed by atoms with E-state index < -0.39 is 0 Å². The van der Waals surface area contributed by atoms with Crippen molar-refractivity contribution in [3.8, 4) is 0 Å². The van der Waals surface area contributed by atoms with Crippen LogP contribution in [0.1, 0.15) is 50.9 Å². The summed E-state index contributed by atoms with van der Waals surface area (Å²) in [5, 5.41) is 0. The number of benzene rings is 1. The molecule has 0 aromatic heterocycles. The summed E-state index contributed by atoms with van der Waals surface area (Å²) in [5.74, 6) is 1.02. The average molecular weight is 206 g/mol. The summed E-state index contributed by atoms with van der Waals surface area (Å²) in [6.07, 6.45) is 2.71. The number of hydrogen-bond donors (Lipinski definition) is 0. The topological polar surface area (TPSA) is 17.1 Å². The van der Waals surface area contributed by atoms with Gasteiger partial charge in [-0.25, -0.2) is 0 Å². The first kappa shape index (κ1) is 13.9. The Hall–Kier alpha value is -1.11. The molecule has 0 saturated heterocycles. The van der Waals surface area contributed by atoms with Crippen LogP contribution in [0.3, 0.4) is 0 Å². The molecule has 0 amide bonds. The molecule has 0 N–H and O–H groups in total. The van der Waals surface area contributed by atoms with Crippen molar-refractivity contribution >= 4 is 5.78 Å². The summed E-state index contributed by atoms with van der Waals surface area (Å²) in [6.45, 7) is 8.29. The Kier molecular flexibility index (Phi) is 7.61. The van der Waals surface area contributed by atoms with Gasteiger partial charge in [0.2, 0.25) is 0 Å². The zero-order valence-electron chi connectivity index (χ0n) is 10.3. The number of ketones is 1. The predicted octanol–water partition coefficient (Wildman–Crippen LogP) is 4.33. The zero-order chi connectivity index (χ0) is 11.7. The molecule has 0 spiro atoms. The Morgan fingerprint density at radius 2 is 1.73 bits per heavy atom. The van der Waals surface area contributed by atoms with Crippen LogP contribution in [0.4, 0.5) is 0 Å². The van der Waals surface area contributed by atoms with Crippen LogP contribution in [-0.2, 0) is 0 Å². The highest BCUT2D eigenvalue weighted by Gasteiger charge is 1.92. The molecule has 0 atom stereocenters. The third-order valence-electron chi connectivity index (χ3n) is 2.05. The highest BCUT2D eigenvalue weighted by molar-refractivity contribution is 5.93. The van der Waals surface area contributed by atoms with Crippen molar-refractivity contribution in [2.24, 2.45) is 5.92 Å². The number of carbonyl (C=O) groups excluding carboxylic acids is 1. The third-order valence-corrected chi connectivity index (χ3v) is 2.05. The molecule has 1 aromatic carbocycles. The van der Waals surface area contributed by atoms with Crippen LogP contribution in [0.5, 0.6) is 0 Å². The summed E-state index contributed by atoms with van der Waals surface area (Å²) in [7, 11) is 0. The van der Waals surface area contributed by atoms with Crippen molar-refractivity contribution in [1.29, 1.82) is 0 Å². The first-order valence-corrected chi connectivity index (χ1v) is 5.63. The van der Waals surface area contributed by atoms with E-state index in [1.807, 2.05) is 30.3 Å². The minimum atomic E-state index is 0.121. The predicted molar refractivity (Wildman–Crippen MR) is 66.2 cm³/mol. The molecule has 0 aliphatic carbocycles. The standard InChI is InChI=1S/C8H8O.C6H14/c1-7(9)8-5-3-2-4-6-8;1-4-5-6(2)3/h2-6H,1H3;6H,4-5H2,1-3H3. The molecule has 15 heavy (non-hydrogen) atoms. The molecular formula is C14H22O. The molecule has 1 nitrogen and oxygen atoms in total. The van der Waals surface area contributed by atoms with E-state index >= 15 is 0 Å². The lowest BCUT2D eigenvalue weighted by molar-refractivity contribution is 0.101. The molecule has 84 valence electrons. The Labute approximate surface area is 93.5 Å². The number of rotatable bonds is 3. The maximum atomic E-state index is 10.6. The van der Waals surface area contributed by atoms with Crippen molar-refractivity contribution in [3.05, 3.63) is 35.9 Å². The van der Waals surface area contributed by atoms with E-state index in [1.54, 1.807) is 6.92 Å². The van der Waals surface area contributed by atoms with Crippen molar-refractivity contribution in [2.75, 3.05) is 0 Å². The highest BCUT2D eigenvalue weighted by atomic mass is 16.1. The molecule has 0 saturated carbocycles. The Bertz CT molecular complexity index is 262. The molecule has 0 heterocycles. The van der Waals surface area contributed by atoms with Gasteiger partial charge in [0.25, 0.3) is 0 Å². The smallest absolute Gasteiger partial charge is 0.159 e. The highest BCUT2D eigenvalue weighted by Crippen LogP contribution is 2.00. The minimum absolute atomic E-state index is 0.121. The molecular weight excluding hydrogens is 184 g/mol. The van der Waals surface area contributed by atoms with Crippen LogP contribution in [0.15, 0.2) is 30.3 Å². The van der Waals surface area contributed by atoms with Crippen molar-refractivity contribution in [1.82, 2.24) is 0 Å². The van der Waals surface area contributed by atoms with Gasteiger partial charge in [-0.1, -0.05) is 63.9 Å². The quantitative estimate of drug-likeness (QED) is 0.673. The van der Waals surface area contributed by atoms with Crippen LogP contribution < -0.4 is 0 Å². The molecule has 1 aromatic rings. The summed E-state index contributed by atoms with van der Waals surface area (Å²) in [5.41, 5.74) is 0.775. The van der Waals surface area contributed by atoms with E-state index in [-0.39, 0.29) is 5.78 Å². The van der Waals surface area contributed by atoms with Gasteiger partial charge >= 0.3 is 0 Å². The van der Waals surface area contributed by atoms with Crippen LogP contribution in [0.2, 0.25) is 0 Å². The van der Waals surface area contributed by atoms with Crippen LogP contribution in [0.25, 0.3) is 0 Å². The molecule has 0 bridgehead atoms. The molecule has 0 radical (unpaired) electrons. The molecule has 0 aliphatic heterocycles. The fourth-order valence-corrected chi connectivity index (χ4v) is 1.25. The van der Waals surface area contributed by atoms with E-state index in [2.05, 4.69) is 20.8 Å². The van der Waals surface area contributed by atoms with E-state index in [9.17, 15) is 4.79 Å². The van der Waals surface area contributed by atoms with Gasteiger partial charge in [-0.05, 0) is 12.8 Å². The van der Waals surface area contributed by atoms with Gasteiger partial charge in [0.1, 0.15) is 0 Å². The second-order valence-electron chi connectivity index (χ2n) is 4.10. The fraction of sp³-hybridized carbons (Fsp3) is 0.500. The zero-order valence-corrected chi connectivity index (χ0v) is 10.3. The third kappa shape index (κ3) is 7.92. The summed E-state index contributed by atoms with van der Waals surface area (Å²) in [4.78, 5) is 10.6. The second kappa shape index (κ2) is 8.22. The summed E-state index contributed by atoms with van der Waals surface area (Å²) < 4.78 is 0. The Balaban J connectivity index is 0.000000288. The van der Waals surface area contributed by atoms with Crippen molar-refractivity contribution < 1.29 is 4.79 Å². The average Bonchev–Trinajstić information content (AvgIpc) is 2.20. The number of hydrogen-bond acceptors (Lipinski definition) is 1. The second-order valence-corrected chi connectivity index (χ2v) is 4.10. The normalized spacial score (nSPS) is 9.40. The van der Waals surface area contributed by atoms with Crippen LogP contribution >= 0.6 is 0 Å². The maximum Gasteiger partial charge on any atom is 0.159 e. The molecule has 0 fully saturated rings. The fourth-order valence-electron chi connectivity index (χ4n) is 1.25. The van der Waals surface area contributed by atoms with E-state index in [0.717, 1.165) is 11.5 Å². The van der Waals surface area contributed by atoms with E-state index in [1.165, 1.54) is 12.8 Å². The van der Waals surface area contributed by atoms with Gasteiger partial charge in [0.15, 0.2) is 5.78 Å². The lowest BCUT2D eigenvalue weighted by Gasteiger charge is -1.95. The number of Topliss-reactive ketones (excluding diaryl/α,β-unsaturated/α-hetero) is 1. The largest absolute Gasteiger partial charge is 0.295 e. The first-order chi connectivity index (χ1) is 7.07. The van der Waals surface area contributed by atoms with Crippen molar-refractivity contribution in [3.63, 3.8) is 0 Å². The van der Waals surface area contributed by atoms with Crippen LogP contribution in [-0.4, -0.2) is 5.78 Å². The van der Waals surface area contributed by atoms with Gasteiger partial charge in [-0.15, -0.1) is 0 Å². The monoisotopic (exact) mass is 206 g/mol. The molecule has 0 aliphatic rings. The lowest BCUT2D eigenvalue weighted by atomic mass is 10.1. The summed E-state index contributed by atoms with van der Waals surface area (Å²) >= 11 is 0. The Morgan fingerprint density at radius 3 is 1.93 bits per heavy atom. The molecule has 1 rings (SSSR count). The van der Waals surface area contributed by atoms with Gasteiger partial charge in [0, 0.05) is 5.56 Å². The van der Waals surface area contributed by atoms with E-state index in [4.69, 9.17) is 0 Å². The SMILES string of the molecule is CC(=O)c1ccccc1.CCCC(C)C. The lowest BCUT2D eigenvalue weighted by Crippen LogP contribution is -1.88. The maximum absolute atomic E-state index is 10.6. The molecule has 0 unspecified atom stereocenters. The number of carbonyl (C=O) groups is 1. The van der Waals surface area contributed by atoms with E-state index in [0.29, 0.717) is 0 Å². The van der Waals surface area contributed by atoms with Gasteiger partial charge in [-0.3, -0.25) is 4.79 Å². The van der Waals surface area contributed by atoms with Crippen molar-refractivity contribution in [2.45, 2.75) is 40.5 Å². The van der Waals surface area contributed by atoms with Gasteiger partial charge in [-0.2, -0.15) is 0 Å². The van der Waals surface area contributed by atoms with Gasteiger partial charge in [0.05, 0.1) is 0 Å². The molecule has 1 heteroatoms. The van der Waals surface area contributed by atoms with Crippen LogP contribution in [0, 0.1) is 5.92 Å².